The van der Waals surface area contributed by atoms with Gasteiger partial charge in [0.2, 0.25) is 0 Å². The lowest BCUT2D eigenvalue weighted by Gasteiger charge is -2.34. The van der Waals surface area contributed by atoms with Crippen LogP contribution in [0.2, 0.25) is 0 Å². The van der Waals surface area contributed by atoms with Gasteiger partial charge in [0, 0.05) is 7.97 Å². The molecule has 1 rings (SSSR count). The number of piperidine rings is 1. The lowest BCUT2D eigenvalue weighted by molar-refractivity contribution is -0.101. The second kappa shape index (κ2) is 4.96. The number of rotatable bonds is 1. The summed E-state index contributed by atoms with van der Waals surface area (Å²) in [6.45, 7) is -0.0472. The quantitative estimate of drug-likeness (QED) is 0.329. The van der Waals surface area contributed by atoms with E-state index in [1.54, 1.807) is 0 Å². The summed E-state index contributed by atoms with van der Waals surface area (Å²) < 4.78 is 0. The molecule has 5 nitrogen and oxygen atoms in total. The molecule has 0 radical (unpaired) electrons. The van der Waals surface area contributed by atoms with Gasteiger partial charge in [-0.05, 0) is 0 Å². The first-order chi connectivity index (χ1) is 5.16. The van der Waals surface area contributed by atoms with E-state index < -0.39 is 24.4 Å². The Balaban J connectivity index is 0. The van der Waals surface area contributed by atoms with E-state index in [-0.39, 0.29) is 27.0 Å². The first-order valence-electron chi connectivity index (χ1n) is 3.55. The molecular formula is C6H16ClNO4. The third-order valence-electron chi connectivity index (χ3n) is 1.94. The van der Waals surface area contributed by atoms with Gasteiger partial charge in [-0.15, -0.1) is 12.4 Å². The van der Waals surface area contributed by atoms with Crippen LogP contribution in [-0.2, 0) is 0 Å². The molecule has 12 heavy (non-hydrogen) atoms. The highest BCUT2D eigenvalue weighted by molar-refractivity contribution is 5.85. The van der Waals surface area contributed by atoms with Crippen molar-refractivity contribution in [3.63, 3.8) is 0 Å². The number of hydrogen-bond donors (Lipinski definition) is 5. The molecule has 1 saturated heterocycles. The van der Waals surface area contributed by atoms with Gasteiger partial charge in [-0.3, -0.25) is 0 Å². The van der Waals surface area contributed by atoms with Crippen LogP contribution in [0.25, 0.3) is 0 Å². The van der Waals surface area contributed by atoms with E-state index in [1.165, 1.54) is 0 Å². The van der Waals surface area contributed by atoms with E-state index >= 15 is 0 Å². The summed E-state index contributed by atoms with van der Waals surface area (Å²) in [5, 5.41) is 38.6. The highest BCUT2D eigenvalue weighted by Crippen LogP contribution is 2.09. The van der Waals surface area contributed by atoms with Crippen LogP contribution in [0.1, 0.15) is 1.43 Å². The normalized spacial score (nSPS) is 42.0. The molecular weight excluding hydrogens is 186 g/mol. The van der Waals surface area contributed by atoms with Crippen molar-refractivity contribution >= 4 is 12.4 Å². The van der Waals surface area contributed by atoms with Crippen molar-refractivity contribution in [2.24, 2.45) is 0 Å². The van der Waals surface area contributed by atoms with E-state index in [4.69, 9.17) is 15.3 Å². The van der Waals surface area contributed by atoms with Crippen LogP contribution in [0.15, 0.2) is 0 Å². The predicted octanol–water partition coefficient (Wildman–Crippen LogP) is -2.30. The van der Waals surface area contributed by atoms with Crippen molar-refractivity contribution in [1.82, 2.24) is 5.32 Å². The molecule has 0 aromatic heterocycles. The molecule has 0 aromatic carbocycles. The average Bonchev–Trinajstić information content (AvgIpc) is 2.01. The maximum absolute atomic E-state index is 9.18. The first-order valence-corrected chi connectivity index (χ1v) is 3.55. The largest absolute Gasteiger partial charge is 0.395 e. The fraction of sp³-hybridized carbons (Fsp3) is 1.00. The van der Waals surface area contributed by atoms with Gasteiger partial charge in [0.1, 0.15) is 6.10 Å². The zero-order valence-electron chi connectivity index (χ0n) is 6.42. The molecule has 0 aliphatic carbocycles. The molecule has 0 unspecified atom stereocenters. The van der Waals surface area contributed by atoms with Crippen LogP contribution in [0.4, 0.5) is 0 Å². The van der Waals surface area contributed by atoms with Crippen LogP contribution >= 0.6 is 12.4 Å². The summed E-state index contributed by atoms with van der Waals surface area (Å²) >= 11 is 0. The molecule has 5 N–H and O–H groups in total. The van der Waals surface area contributed by atoms with Gasteiger partial charge < -0.3 is 25.7 Å². The third-order valence-corrected chi connectivity index (χ3v) is 1.94. The molecule has 0 aromatic rings. The molecule has 1 heterocycles. The van der Waals surface area contributed by atoms with E-state index in [2.05, 4.69) is 5.32 Å². The fourth-order valence-electron chi connectivity index (χ4n) is 1.15. The summed E-state index contributed by atoms with van der Waals surface area (Å²) in [6.07, 6.45) is -3.20. The van der Waals surface area contributed by atoms with E-state index in [1.807, 2.05) is 0 Å². The predicted molar refractivity (Wildman–Crippen MR) is 46.3 cm³/mol. The summed E-state index contributed by atoms with van der Waals surface area (Å²) in [5.41, 5.74) is 0. The number of β-amino-alcohol motifs (C(OH)–C–C–N with tert-alkyl or cyclic N) is 1. The number of hydrogen-bond acceptors (Lipinski definition) is 5. The van der Waals surface area contributed by atoms with Gasteiger partial charge in [0.15, 0.2) is 0 Å². The maximum Gasteiger partial charge on any atom is 0.109 e. The number of nitrogens with one attached hydrogen (secondary N) is 1. The number of aliphatic hydroxyl groups is 4. The Kier molecular flexibility index (Phi) is 5.00. The lowest BCUT2D eigenvalue weighted by Crippen LogP contribution is -2.60. The first kappa shape index (κ1) is 12.1. The monoisotopic (exact) mass is 201 g/mol. The van der Waals surface area contributed by atoms with Gasteiger partial charge in [0.25, 0.3) is 0 Å². The molecule has 1 aliphatic heterocycles. The van der Waals surface area contributed by atoms with E-state index in [0.29, 0.717) is 0 Å². The molecule has 1 aliphatic rings. The average molecular weight is 202 g/mol. The van der Waals surface area contributed by atoms with Crippen molar-refractivity contribution in [3.05, 3.63) is 0 Å². The van der Waals surface area contributed by atoms with Gasteiger partial charge in [-0.25, -0.2) is 0 Å². The Bertz CT molecular complexity index is 140. The molecule has 4 atom stereocenters. The highest BCUT2D eigenvalue weighted by atomic mass is 35.5. The minimum atomic E-state index is -1.16. The smallest absolute Gasteiger partial charge is 0.109 e. The standard InChI is InChI=1S/C6H13NO4.ClH.H2/c8-2-3-5(10)6(11)4(9)1-7-3;;/h3-11H,1-2H2;2*1H/t3-,4+,5+,6-;;/m1../s1. The molecule has 0 spiro atoms. The molecule has 6 heteroatoms. The Morgan fingerprint density at radius 2 is 1.83 bits per heavy atom. The molecule has 0 bridgehead atoms. The van der Waals surface area contributed by atoms with Crippen molar-refractivity contribution in [1.29, 1.82) is 0 Å². The van der Waals surface area contributed by atoms with Crippen molar-refractivity contribution in [3.8, 4) is 0 Å². The minimum absolute atomic E-state index is 0. The Morgan fingerprint density at radius 1 is 1.25 bits per heavy atom. The minimum Gasteiger partial charge on any atom is -0.395 e. The van der Waals surface area contributed by atoms with E-state index in [9.17, 15) is 5.11 Å². The fourth-order valence-corrected chi connectivity index (χ4v) is 1.15. The molecule has 0 saturated carbocycles. The zero-order chi connectivity index (χ0) is 8.43. The second-order valence-corrected chi connectivity index (χ2v) is 2.75. The van der Waals surface area contributed by atoms with Gasteiger partial charge >= 0.3 is 0 Å². The molecule has 1 fully saturated rings. The maximum atomic E-state index is 9.18. The SMILES string of the molecule is Cl.OC[C@H]1NC[C@H](O)[C@@H](O)[C@H]1O.[HH]. The van der Waals surface area contributed by atoms with Crippen LogP contribution in [0.3, 0.4) is 0 Å². The third kappa shape index (κ3) is 2.29. The van der Waals surface area contributed by atoms with Crippen LogP contribution < -0.4 is 5.32 Å². The Labute approximate surface area is 77.9 Å². The van der Waals surface area contributed by atoms with E-state index in [0.717, 1.165) is 0 Å². The highest BCUT2D eigenvalue weighted by Gasteiger charge is 2.35. The van der Waals surface area contributed by atoms with Gasteiger partial charge in [-0.1, -0.05) is 0 Å². The van der Waals surface area contributed by atoms with Crippen molar-refractivity contribution in [2.75, 3.05) is 13.2 Å². The summed E-state index contributed by atoms with van der Waals surface area (Å²) in [7, 11) is 0. The number of aliphatic hydroxyl groups excluding tert-OH is 4. The zero-order valence-corrected chi connectivity index (χ0v) is 7.24. The topological polar surface area (TPSA) is 93.0 Å². The lowest BCUT2D eigenvalue weighted by atomic mass is 9.97. The Morgan fingerprint density at radius 3 is 2.33 bits per heavy atom. The summed E-state index contributed by atoms with van der Waals surface area (Å²) in [4.78, 5) is 0. The second-order valence-electron chi connectivity index (χ2n) is 2.75. The van der Waals surface area contributed by atoms with Crippen LogP contribution in [-0.4, -0.2) is 57.9 Å². The van der Waals surface area contributed by atoms with Crippen molar-refractivity contribution in [2.45, 2.75) is 24.4 Å². The number of halogens is 1. The van der Waals surface area contributed by atoms with Crippen molar-refractivity contribution < 1.29 is 21.9 Å². The molecule has 76 valence electrons. The molecule has 0 amide bonds. The van der Waals surface area contributed by atoms with Crippen LogP contribution in [0.5, 0.6) is 0 Å². The van der Waals surface area contributed by atoms with Crippen LogP contribution in [0, 0.1) is 0 Å². The summed E-state index contributed by atoms with van der Waals surface area (Å²) in [6, 6.07) is -0.534. The van der Waals surface area contributed by atoms with Gasteiger partial charge in [-0.2, -0.15) is 0 Å². The Hall–Kier alpha value is 0.0900. The van der Waals surface area contributed by atoms with Gasteiger partial charge in [0.05, 0.1) is 24.9 Å². The summed E-state index contributed by atoms with van der Waals surface area (Å²) in [5.74, 6) is 0.